The van der Waals surface area contributed by atoms with Gasteiger partial charge in [-0.3, -0.25) is 4.57 Å². The molecular weight excluding hydrogens is 304 g/mol. The molecule has 0 aliphatic heterocycles. The predicted molar refractivity (Wildman–Crippen MR) is 99.9 cm³/mol. The molecule has 0 N–H and O–H groups in total. The molecule has 2 rings (SSSR count). The molecule has 4 nitrogen and oxygen atoms in total. The molecule has 126 valence electrons. The van der Waals surface area contributed by atoms with Crippen molar-refractivity contribution in [1.29, 1.82) is 0 Å². The minimum Gasteiger partial charge on any atom is -0.497 e. The first kappa shape index (κ1) is 17.6. The Bertz CT molecular complexity index is 725. The van der Waals surface area contributed by atoms with E-state index in [1.807, 2.05) is 42.4 Å². The fraction of sp³-hybridized carbons (Fsp3) is 0.500. The van der Waals surface area contributed by atoms with Crippen molar-refractivity contribution in [2.45, 2.75) is 40.4 Å². The van der Waals surface area contributed by atoms with E-state index in [-0.39, 0.29) is 6.03 Å². The van der Waals surface area contributed by atoms with Gasteiger partial charge in [0.15, 0.2) is 0 Å². The highest BCUT2D eigenvalue weighted by atomic mass is 28.3. The molecule has 0 unspecified atom stereocenters. The Kier molecular flexibility index (Phi) is 4.89. The number of benzene rings is 1. The van der Waals surface area contributed by atoms with E-state index in [9.17, 15) is 4.79 Å². The Labute approximate surface area is 140 Å². The average Bonchev–Trinajstić information content (AvgIpc) is 2.88. The van der Waals surface area contributed by atoms with Crippen LogP contribution in [0, 0.1) is 6.92 Å². The largest absolute Gasteiger partial charge is 0.497 e. The van der Waals surface area contributed by atoms with Crippen molar-refractivity contribution >= 4 is 30.3 Å². The van der Waals surface area contributed by atoms with Crippen molar-refractivity contribution in [2.75, 3.05) is 20.2 Å². The lowest BCUT2D eigenvalue weighted by atomic mass is 10.1. The van der Waals surface area contributed by atoms with Gasteiger partial charge in [-0.05, 0) is 44.5 Å². The van der Waals surface area contributed by atoms with Crippen LogP contribution in [-0.2, 0) is 0 Å². The fourth-order valence-electron chi connectivity index (χ4n) is 3.02. The molecule has 0 saturated heterocycles. The van der Waals surface area contributed by atoms with Crippen molar-refractivity contribution in [3.8, 4) is 5.75 Å². The van der Waals surface area contributed by atoms with Gasteiger partial charge in [0.05, 0.1) is 20.7 Å². The third-order valence-corrected chi connectivity index (χ3v) is 6.19. The maximum atomic E-state index is 13.1. The van der Waals surface area contributed by atoms with Gasteiger partial charge >= 0.3 is 6.03 Å². The van der Waals surface area contributed by atoms with Crippen molar-refractivity contribution in [3.63, 3.8) is 0 Å². The van der Waals surface area contributed by atoms with Crippen LogP contribution in [0.3, 0.4) is 0 Å². The maximum Gasteiger partial charge on any atom is 0.328 e. The zero-order chi connectivity index (χ0) is 17.4. The SMILES string of the molecule is CCN(CC)C(=O)n1c([Si](C)(C)C)cc2cc(OC)cc(C)c21. The molecule has 1 aromatic carbocycles. The van der Waals surface area contributed by atoms with Crippen LogP contribution < -0.4 is 10.1 Å². The third kappa shape index (κ3) is 3.15. The summed E-state index contributed by atoms with van der Waals surface area (Å²) in [5, 5.41) is 2.25. The Morgan fingerprint density at radius 1 is 1.17 bits per heavy atom. The van der Waals surface area contributed by atoms with Crippen molar-refractivity contribution < 1.29 is 9.53 Å². The quantitative estimate of drug-likeness (QED) is 0.798. The zero-order valence-electron chi connectivity index (χ0n) is 15.4. The number of amides is 1. The summed E-state index contributed by atoms with van der Waals surface area (Å²) < 4.78 is 7.34. The van der Waals surface area contributed by atoms with E-state index in [0.29, 0.717) is 0 Å². The Hall–Kier alpha value is -1.75. The molecule has 0 aliphatic carbocycles. The van der Waals surface area contributed by atoms with Crippen molar-refractivity contribution in [1.82, 2.24) is 9.47 Å². The summed E-state index contributed by atoms with van der Waals surface area (Å²) >= 11 is 0. The lowest BCUT2D eigenvalue weighted by Crippen LogP contribution is -2.48. The van der Waals surface area contributed by atoms with Crippen LogP contribution in [0.4, 0.5) is 4.79 Å². The summed E-state index contributed by atoms with van der Waals surface area (Å²) in [5.41, 5.74) is 2.09. The molecule has 1 amide bonds. The van der Waals surface area contributed by atoms with Crippen LogP contribution >= 0.6 is 0 Å². The van der Waals surface area contributed by atoms with Crippen LogP contribution in [-0.4, -0.2) is 43.8 Å². The first-order valence-electron chi connectivity index (χ1n) is 8.24. The number of carbonyl (C=O) groups is 1. The molecule has 1 aromatic heterocycles. The van der Waals surface area contributed by atoms with Gasteiger partial charge < -0.3 is 9.64 Å². The third-order valence-electron chi connectivity index (χ3n) is 4.29. The molecule has 0 radical (unpaired) electrons. The molecular formula is C18H28N2O2Si. The summed E-state index contributed by atoms with van der Waals surface area (Å²) in [5.74, 6) is 0.838. The second-order valence-electron chi connectivity index (χ2n) is 6.95. The molecule has 0 bridgehead atoms. The summed E-state index contributed by atoms with van der Waals surface area (Å²) in [6.45, 7) is 14.4. The van der Waals surface area contributed by atoms with Crippen LogP contribution in [0.1, 0.15) is 19.4 Å². The lowest BCUT2D eigenvalue weighted by molar-refractivity contribution is 0.206. The fourth-order valence-corrected chi connectivity index (χ4v) is 4.49. The maximum absolute atomic E-state index is 13.1. The number of fused-ring (bicyclic) bond motifs is 1. The van der Waals surface area contributed by atoms with Crippen LogP contribution in [0.25, 0.3) is 10.9 Å². The highest BCUT2D eigenvalue weighted by Gasteiger charge is 2.28. The number of carbonyl (C=O) groups excluding carboxylic acids is 1. The number of aryl methyl sites for hydroxylation is 1. The summed E-state index contributed by atoms with van der Waals surface area (Å²) in [6, 6.07) is 6.29. The van der Waals surface area contributed by atoms with E-state index < -0.39 is 8.07 Å². The molecule has 1 heterocycles. The minimum absolute atomic E-state index is 0.0793. The van der Waals surface area contributed by atoms with Gasteiger partial charge in [-0.1, -0.05) is 19.6 Å². The smallest absolute Gasteiger partial charge is 0.328 e. The van der Waals surface area contributed by atoms with Gasteiger partial charge in [0.1, 0.15) is 5.75 Å². The van der Waals surface area contributed by atoms with Crippen LogP contribution in [0.2, 0.25) is 19.6 Å². The van der Waals surface area contributed by atoms with E-state index in [1.54, 1.807) is 7.11 Å². The topological polar surface area (TPSA) is 34.5 Å². The van der Waals surface area contributed by atoms with E-state index >= 15 is 0 Å². The second kappa shape index (κ2) is 6.39. The minimum atomic E-state index is -1.67. The number of rotatable bonds is 4. The lowest BCUT2D eigenvalue weighted by Gasteiger charge is -2.25. The Morgan fingerprint density at radius 2 is 1.78 bits per heavy atom. The second-order valence-corrected chi connectivity index (χ2v) is 12.0. The van der Waals surface area contributed by atoms with Crippen molar-refractivity contribution in [3.05, 3.63) is 23.8 Å². The molecule has 5 heteroatoms. The molecule has 0 aliphatic rings. The predicted octanol–water partition coefficient (Wildman–Crippen LogP) is 3.81. The monoisotopic (exact) mass is 332 g/mol. The number of ether oxygens (including phenoxy) is 1. The van der Waals surface area contributed by atoms with Gasteiger partial charge in [0, 0.05) is 23.8 Å². The molecule has 0 atom stereocenters. The standard InChI is InChI=1S/C18H28N2O2Si/c1-8-19(9-2)18(21)20-16(23(5,6)7)12-14-11-15(22-4)10-13(3)17(14)20/h10-12H,8-9H2,1-7H3. The van der Waals surface area contributed by atoms with E-state index in [2.05, 4.69) is 25.7 Å². The Balaban J connectivity index is 2.81. The number of methoxy groups -OCH3 is 1. The van der Waals surface area contributed by atoms with Gasteiger partial charge in [0.2, 0.25) is 0 Å². The molecule has 2 aromatic rings. The zero-order valence-corrected chi connectivity index (χ0v) is 16.4. The average molecular weight is 333 g/mol. The van der Waals surface area contributed by atoms with Gasteiger partial charge in [-0.2, -0.15) is 0 Å². The van der Waals surface area contributed by atoms with E-state index in [4.69, 9.17) is 4.74 Å². The highest BCUT2D eigenvalue weighted by molar-refractivity contribution is 6.88. The number of hydrogen-bond donors (Lipinski definition) is 0. The van der Waals surface area contributed by atoms with Crippen LogP contribution in [0.5, 0.6) is 5.75 Å². The van der Waals surface area contributed by atoms with E-state index in [1.165, 1.54) is 5.32 Å². The Morgan fingerprint density at radius 3 is 2.26 bits per heavy atom. The van der Waals surface area contributed by atoms with Crippen LogP contribution in [0.15, 0.2) is 18.2 Å². The van der Waals surface area contributed by atoms with Gasteiger partial charge in [-0.25, -0.2) is 4.79 Å². The highest BCUT2D eigenvalue weighted by Crippen LogP contribution is 2.27. The van der Waals surface area contributed by atoms with E-state index in [0.717, 1.165) is 35.3 Å². The van der Waals surface area contributed by atoms with Gasteiger partial charge in [0.25, 0.3) is 0 Å². The summed E-state index contributed by atoms with van der Waals surface area (Å²) in [4.78, 5) is 15.0. The number of aromatic nitrogens is 1. The first-order chi connectivity index (χ1) is 10.7. The number of hydrogen-bond acceptors (Lipinski definition) is 2. The van der Waals surface area contributed by atoms with Gasteiger partial charge in [-0.15, -0.1) is 0 Å². The number of nitrogens with zero attached hydrogens (tertiary/aromatic N) is 2. The molecule has 23 heavy (non-hydrogen) atoms. The molecule has 0 fully saturated rings. The summed E-state index contributed by atoms with van der Waals surface area (Å²) in [6.07, 6.45) is 0. The molecule has 0 saturated carbocycles. The first-order valence-corrected chi connectivity index (χ1v) is 11.7. The molecule has 0 spiro atoms. The normalized spacial score (nSPS) is 11.8. The summed E-state index contributed by atoms with van der Waals surface area (Å²) in [7, 11) is 0.00766. The van der Waals surface area contributed by atoms with Crippen molar-refractivity contribution in [2.24, 2.45) is 0 Å².